The fraction of sp³-hybridized carbons (Fsp3) is 0.909. The van der Waals surface area contributed by atoms with Gasteiger partial charge in [0.1, 0.15) is 0 Å². The van der Waals surface area contributed by atoms with E-state index in [1.54, 1.807) is 0 Å². The van der Waals surface area contributed by atoms with E-state index in [1.807, 2.05) is 0 Å². The fourth-order valence-electron chi connectivity index (χ4n) is 2.65. The Balaban J connectivity index is 1.78. The first-order valence-electron chi connectivity index (χ1n) is 5.76. The minimum absolute atomic E-state index is 0.826. The van der Waals surface area contributed by atoms with Gasteiger partial charge in [0.15, 0.2) is 0 Å². The van der Waals surface area contributed by atoms with Crippen LogP contribution in [0, 0.1) is 7.05 Å². The largest absolute Gasteiger partial charge is 0.464 e. The second kappa shape index (κ2) is 4.43. The fourth-order valence-corrected chi connectivity index (χ4v) is 2.65. The molecule has 2 fully saturated rings. The van der Waals surface area contributed by atoms with E-state index >= 15 is 0 Å². The number of rotatable bonds is 2. The Morgan fingerprint density at radius 3 is 2.62 bits per heavy atom. The molecule has 2 atom stereocenters. The molecule has 2 rings (SSSR count). The second-order valence-electron chi connectivity index (χ2n) is 4.61. The van der Waals surface area contributed by atoms with Crippen molar-refractivity contribution in [2.75, 3.05) is 26.2 Å². The molecule has 1 N–H and O–H groups in total. The lowest BCUT2D eigenvalue weighted by molar-refractivity contribution is -0.886. The summed E-state index contributed by atoms with van der Waals surface area (Å²) in [6.45, 7) is 5.27. The molecule has 2 aliphatic rings. The van der Waals surface area contributed by atoms with Gasteiger partial charge in [0, 0.05) is 6.54 Å². The van der Waals surface area contributed by atoms with E-state index in [-0.39, 0.29) is 0 Å². The Labute approximate surface area is 81.9 Å². The van der Waals surface area contributed by atoms with Crippen molar-refractivity contribution in [1.82, 2.24) is 4.90 Å². The Hall–Kier alpha value is -0.0800. The lowest BCUT2D eigenvalue weighted by Gasteiger charge is -2.37. The van der Waals surface area contributed by atoms with Crippen LogP contribution in [0.25, 0.3) is 0 Å². The molecule has 0 radical (unpaired) electrons. The van der Waals surface area contributed by atoms with Crippen LogP contribution in [0.4, 0.5) is 0 Å². The van der Waals surface area contributed by atoms with E-state index in [0.717, 1.165) is 6.04 Å². The van der Waals surface area contributed by atoms with Gasteiger partial charge in [-0.15, -0.1) is 0 Å². The second-order valence-corrected chi connectivity index (χ2v) is 4.61. The standard InChI is InChI=1S/C11H22N2/c1-12-7-3-2-6-11(12)10-13-8-4-5-9-13/h11-12H,1-10H2. The Bertz CT molecular complexity index is 152. The van der Waals surface area contributed by atoms with E-state index in [4.69, 9.17) is 0 Å². The summed E-state index contributed by atoms with van der Waals surface area (Å²) >= 11 is 0. The van der Waals surface area contributed by atoms with Gasteiger partial charge in [-0.3, -0.25) is 4.90 Å². The maximum absolute atomic E-state index is 4.21. The number of piperidine rings is 1. The molecule has 13 heavy (non-hydrogen) atoms. The zero-order valence-electron chi connectivity index (χ0n) is 8.60. The predicted molar refractivity (Wildman–Crippen MR) is 54.5 cm³/mol. The minimum atomic E-state index is 0.826. The third-order valence-corrected chi connectivity index (χ3v) is 3.56. The van der Waals surface area contributed by atoms with Crippen molar-refractivity contribution in [3.8, 4) is 0 Å². The number of hydrogen-bond donors (Lipinski definition) is 1. The third-order valence-electron chi connectivity index (χ3n) is 3.56. The number of likely N-dealkylation sites (tertiary alicyclic amines) is 2. The quantitative estimate of drug-likeness (QED) is 0.604. The zero-order chi connectivity index (χ0) is 9.10. The van der Waals surface area contributed by atoms with Crippen molar-refractivity contribution >= 4 is 0 Å². The lowest BCUT2D eigenvalue weighted by atomic mass is 10.0. The molecule has 2 heteroatoms. The summed E-state index contributed by atoms with van der Waals surface area (Å²) in [7, 11) is 4.21. The summed E-state index contributed by atoms with van der Waals surface area (Å²) in [5, 5.41) is 0. The van der Waals surface area contributed by atoms with E-state index in [0.29, 0.717) is 0 Å². The highest BCUT2D eigenvalue weighted by atomic mass is 15.2. The molecule has 0 amide bonds. The van der Waals surface area contributed by atoms with E-state index < -0.39 is 0 Å². The van der Waals surface area contributed by atoms with Crippen molar-refractivity contribution in [3.05, 3.63) is 7.05 Å². The summed E-state index contributed by atoms with van der Waals surface area (Å²) in [6, 6.07) is 0.826. The summed E-state index contributed by atoms with van der Waals surface area (Å²) in [6.07, 6.45) is 7.04. The first-order chi connectivity index (χ1) is 6.36. The number of nitrogens with zero attached hydrogens (tertiary/aromatic N) is 1. The molecule has 76 valence electrons. The molecule has 0 saturated carbocycles. The van der Waals surface area contributed by atoms with Crippen molar-refractivity contribution in [3.63, 3.8) is 0 Å². The van der Waals surface area contributed by atoms with Gasteiger partial charge >= 0.3 is 0 Å². The number of quaternary nitrogens is 1. The van der Waals surface area contributed by atoms with E-state index in [2.05, 4.69) is 11.9 Å². The summed E-state index contributed by atoms with van der Waals surface area (Å²) in [4.78, 5) is 4.15. The van der Waals surface area contributed by atoms with E-state index in [1.165, 1.54) is 63.2 Å². The van der Waals surface area contributed by atoms with Gasteiger partial charge < -0.3 is 4.90 Å². The van der Waals surface area contributed by atoms with Gasteiger partial charge in [0.25, 0.3) is 0 Å². The highest BCUT2D eigenvalue weighted by molar-refractivity contribution is 4.72. The van der Waals surface area contributed by atoms with Crippen LogP contribution < -0.4 is 4.90 Å². The van der Waals surface area contributed by atoms with Crippen LogP contribution in [0.5, 0.6) is 0 Å². The van der Waals surface area contributed by atoms with Crippen molar-refractivity contribution in [1.29, 1.82) is 0 Å². The van der Waals surface area contributed by atoms with Gasteiger partial charge in [-0.05, 0) is 45.2 Å². The zero-order valence-corrected chi connectivity index (χ0v) is 8.60. The maximum Gasteiger partial charge on any atom is 0.0764 e. The molecule has 2 heterocycles. The molecule has 0 aromatic rings. The molecule has 0 aliphatic carbocycles. The monoisotopic (exact) mass is 182 g/mol. The lowest BCUT2D eigenvalue weighted by Crippen LogP contribution is -3.12. The van der Waals surface area contributed by atoms with Gasteiger partial charge in [0.05, 0.1) is 12.6 Å². The minimum Gasteiger partial charge on any atom is -0.464 e. The molecular weight excluding hydrogens is 160 g/mol. The highest BCUT2D eigenvalue weighted by Crippen LogP contribution is 2.10. The molecule has 2 nitrogen and oxygen atoms in total. The van der Waals surface area contributed by atoms with E-state index in [9.17, 15) is 0 Å². The van der Waals surface area contributed by atoms with Crippen LogP contribution in [0.3, 0.4) is 0 Å². The third kappa shape index (κ3) is 2.44. The summed E-state index contributed by atoms with van der Waals surface area (Å²) in [5.41, 5.74) is 0. The molecule has 0 aromatic heterocycles. The predicted octanol–water partition coefficient (Wildman–Crippen LogP) is 0.311. The van der Waals surface area contributed by atoms with Crippen LogP contribution in [-0.4, -0.2) is 37.1 Å². The Kier molecular flexibility index (Phi) is 3.23. The van der Waals surface area contributed by atoms with Gasteiger partial charge in [-0.1, -0.05) is 0 Å². The maximum atomic E-state index is 4.21. The van der Waals surface area contributed by atoms with Crippen molar-refractivity contribution < 1.29 is 4.90 Å². The van der Waals surface area contributed by atoms with Crippen molar-refractivity contribution in [2.45, 2.75) is 38.1 Å². The van der Waals surface area contributed by atoms with Gasteiger partial charge in [0.2, 0.25) is 0 Å². The highest BCUT2D eigenvalue weighted by Gasteiger charge is 2.23. The Morgan fingerprint density at radius 1 is 1.15 bits per heavy atom. The van der Waals surface area contributed by atoms with Gasteiger partial charge in [-0.25, -0.2) is 0 Å². The topological polar surface area (TPSA) is 7.68 Å². The molecule has 2 saturated heterocycles. The van der Waals surface area contributed by atoms with Crippen LogP contribution in [-0.2, 0) is 0 Å². The van der Waals surface area contributed by atoms with Crippen LogP contribution in [0.2, 0.25) is 0 Å². The summed E-state index contributed by atoms with van der Waals surface area (Å²) in [5.74, 6) is 0. The molecule has 0 aromatic carbocycles. The molecule has 0 spiro atoms. The van der Waals surface area contributed by atoms with Crippen LogP contribution >= 0.6 is 0 Å². The SMILES string of the molecule is [CH2-][NH+]1CCCCC1CN1CCCC1. The molecule has 2 aliphatic heterocycles. The molecular formula is C11H22N2. The normalized spacial score (nSPS) is 36.7. The van der Waals surface area contributed by atoms with Crippen LogP contribution in [0.15, 0.2) is 0 Å². The Morgan fingerprint density at radius 2 is 1.92 bits per heavy atom. The molecule has 0 bridgehead atoms. The average Bonchev–Trinajstić information content (AvgIpc) is 2.61. The first kappa shape index (κ1) is 9.47. The van der Waals surface area contributed by atoms with Gasteiger partial charge in [-0.2, -0.15) is 7.05 Å². The molecule has 2 unspecified atom stereocenters. The smallest absolute Gasteiger partial charge is 0.0764 e. The first-order valence-corrected chi connectivity index (χ1v) is 5.76. The van der Waals surface area contributed by atoms with Crippen molar-refractivity contribution in [2.24, 2.45) is 0 Å². The number of hydrogen-bond acceptors (Lipinski definition) is 1. The van der Waals surface area contributed by atoms with Crippen LogP contribution in [0.1, 0.15) is 32.1 Å². The average molecular weight is 182 g/mol. The summed E-state index contributed by atoms with van der Waals surface area (Å²) < 4.78 is 0. The number of nitrogens with one attached hydrogen (secondary N) is 1.